The first kappa shape index (κ1) is 10.9. The van der Waals surface area contributed by atoms with Gasteiger partial charge in [-0.1, -0.05) is 0 Å². The van der Waals surface area contributed by atoms with Gasteiger partial charge in [0.05, 0.1) is 18.4 Å². The Labute approximate surface area is 94.6 Å². The monoisotopic (exact) mass is 220 g/mol. The Balaban J connectivity index is 2.24. The van der Waals surface area contributed by atoms with Crippen molar-refractivity contribution < 1.29 is 4.79 Å². The molecule has 0 spiro atoms. The number of hydrogen-bond donors (Lipinski definition) is 2. The molecule has 2 rings (SSSR count). The zero-order valence-corrected chi connectivity index (χ0v) is 9.15. The average Bonchev–Trinajstić information content (AvgIpc) is 2.54. The van der Waals surface area contributed by atoms with Crippen molar-refractivity contribution in [2.75, 3.05) is 24.5 Å². The van der Waals surface area contributed by atoms with Crippen molar-refractivity contribution in [3.8, 4) is 0 Å². The standard InChI is InChI=1S/C11H16N4O/c12-6-9-2-4-13-7-10(9)15-5-1-3-14-11(16)8-15/h2,4,7H,1,3,5-6,8,12H2,(H,14,16). The number of pyridine rings is 1. The van der Waals surface area contributed by atoms with Crippen LogP contribution in [0.3, 0.4) is 0 Å². The van der Waals surface area contributed by atoms with Crippen LogP contribution in [0.2, 0.25) is 0 Å². The van der Waals surface area contributed by atoms with Crippen molar-refractivity contribution >= 4 is 11.6 Å². The first-order chi connectivity index (χ1) is 7.81. The minimum atomic E-state index is 0.0596. The Hall–Kier alpha value is -1.62. The summed E-state index contributed by atoms with van der Waals surface area (Å²) in [4.78, 5) is 17.6. The normalized spacial score (nSPS) is 16.8. The van der Waals surface area contributed by atoms with Crippen LogP contribution in [0.15, 0.2) is 18.5 Å². The average molecular weight is 220 g/mol. The zero-order chi connectivity index (χ0) is 11.4. The molecule has 0 aromatic carbocycles. The molecule has 1 saturated heterocycles. The lowest BCUT2D eigenvalue weighted by Crippen LogP contribution is -2.33. The van der Waals surface area contributed by atoms with E-state index in [1.54, 1.807) is 12.4 Å². The third-order valence-corrected chi connectivity index (χ3v) is 2.71. The molecule has 1 aliphatic rings. The van der Waals surface area contributed by atoms with E-state index in [1.807, 2.05) is 11.0 Å². The van der Waals surface area contributed by atoms with Gasteiger partial charge in [-0.15, -0.1) is 0 Å². The maximum atomic E-state index is 11.5. The molecule has 1 aromatic heterocycles. The molecule has 0 unspecified atom stereocenters. The molecule has 1 amide bonds. The molecule has 0 bridgehead atoms. The van der Waals surface area contributed by atoms with E-state index in [0.29, 0.717) is 13.1 Å². The lowest BCUT2D eigenvalue weighted by molar-refractivity contribution is -0.119. The Morgan fingerprint density at radius 2 is 2.44 bits per heavy atom. The van der Waals surface area contributed by atoms with Crippen LogP contribution in [0.25, 0.3) is 0 Å². The highest BCUT2D eigenvalue weighted by atomic mass is 16.2. The Bertz CT molecular complexity index is 380. The van der Waals surface area contributed by atoms with Crippen molar-refractivity contribution in [1.29, 1.82) is 0 Å². The van der Waals surface area contributed by atoms with Crippen LogP contribution in [0.1, 0.15) is 12.0 Å². The van der Waals surface area contributed by atoms with Gasteiger partial charge in [-0.2, -0.15) is 0 Å². The van der Waals surface area contributed by atoms with Crippen molar-refractivity contribution in [1.82, 2.24) is 10.3 Å². The Kier molecular flexibility index (Phi) is 3.36. The van der Waals surface area contributed by atoms with Gasteiger partial charge in [-0.05, 0) is 18.1 Å². The third kappa shape index (κ3) is 2.30. The second kappa shape index (κ2) is 4.94. The number of nitrogens with one attached hydrogen (secondary N) is 1. The number of nitrogens with two attached hydrogens (primary N) is 1. The number of nitrogens with zero attached hydrogens (tertiary/aromatic N) is 2. The number of aromatic nitrogens is 1. The minimum absolute atomic E-state index is 0.0596. The molecule has 0 radical (unpaired) electrons. The van der Waals surface area contributed by atoms with Crippen LogP contribution in [0.4, 0.5) is 5.69 Å². The van der Waals surface area contributed by atoms with Crippen molar-refractivity contribution in [2.24, 2.45) is 5.73 Å². The van der Waals surface area contributed by atoms with Gasteiger partial charge >= 0.3 is 0 Å². The molecular formula is C11H16N4O. The lowest BCUT2D eigenvalue weighted by atomic mass is 10.2. The van der Waals surface area contributed by atoms with E-state index in [2.05, 4.69) is 10.3 Å². The minimum Gasteiger partial charge on any atom is -0.361 e. The van der Waals surface area contributed by atoms with Gasteiger partial charge in [-0.3, -0.25) is 9.78 Å². The second-order valence-electron chi connectivity index (χ2n) is 3.83. The number of anilines is 1. The number of hydrogen-bond acceptors (Lipinski definition) is 4. The van der Waals surface area contributed by atoms with Crippen molar-refractivity contribution in [3.63, 3.8) is 0 Å². The van der Waals surface area contributed by atoms with Crippen LogP contribution in [0.5, 0.6) is 0 Å². The SMILES string of the molecule is NCc1ccncc1N1CCCNC(=O)C1. The van der Waals surface area contributed by atoms with Gasteiger partial charge in [0.1, 0.15) is 0 Å². The maximum Gasteiger partial charge on any atom is 0.239 e. The summed E-state index contributed by atoms with van der Waals surface area (Å²) in [6, 6.07) is 1.90. The van der Waals surface area contributed by atoms with E-state index in [4.69, 9.17) is 5.73 Å². The summed E-state index contributed by atoms with van der Waals surface area (Å²) >= 11 is 0. The number of rotatable bonds is 2. The first-order valence-electron chi connectivity index (χ1n) is 5.46. The molecule has 0 atom stereocenters. The largest absolute Gasteiger partial charge is 0.361 e. The van der Waals surface area contributed by atoms with Crippen LogP contribution < -0.4 is 16.0 Å². The van der Waals surface area contributed by atoms with Gasteiger partial charge in [0.2, 0.25) is 5.91 Å². The highest BCUT2D eigenvalue weighted by molar-refractivity contribution is 5.82. The fraction of sp³-hybridized carbons (Fsp3) is 0.455. The number of carbonyl (C=O) groups excluding carboxylic acids is 1. The molecule has 2 heterocycles. The highest BCUT2D eigenvalue weighted by Gasteiger charge is 2.16. The van der Waals surface area contributed by atoms with E-state index < -0.39 is 0 Å². The summed E-state index contributed by atoms with van der Waals surface area (Å²) in [7, 11) is 0. The van der Waals surface area contributed by atoms with Gasteiger partial charge in [0.25, 0.3) is 0 Å². The molecule has 1 aliphatic heterocycles. The third-order valence-electron chi connectivity index (χ3n) is 2.71. The fourth-order valence-corrected chi connectivity index (χ4v) is 1.88. The fourth-order valence-electron chi connectivity index (χ4n) is 1.88. The van der Waals surface area contributed by atoms with Crippen molar-refractivity contribution in [3.05, 3.63) is 24.0 Å². The molecular weight excluding hydrogens is 204 g/mol. The molecule has 0 saturated carbocycles. The molecule has 1 aromatic rings. The van der Waals surface area contributed by atoms with Gasteiger partial charge in [-0.25, -0.2) is 0 Å². The summed E-state index contributed by atoms with van der Waals surface area (Å²) in [6.07, 6.45) is 4.45. The molecule has 3 N–H and O–H groups in total. The van der Waals surface area contributed by atoms with Gasteiger partial charge in [0, 0.05) is 25.8 Å². The lowest BCUT2D eigenvalue weighted by Gasteiger charge is -2.23. The summed E-state index contributed by atoms with van der Waals surface area (Å²) in [5.41, 5.74) is 7.68. The predicted octanol–water partition coefficient (Wildman–Crippen LogP) is -0.133. The molecule has 16 heavy (non-hydrogen) atoms. The predicted molar refractivity (Wildman–Crippen MR) is 62.0 cm³/mol. The van der Waals surface area contributed by atoms with E-state index in [9.17, 15) is 4.79 Å². The molecule has 86 valence electrons. The maximum absolute atomic E-state index is 11.5. The van der Waals surface area contributed by atoms with Crippen LogP contribution in [0, 0.1) is 0 Å². The van der Waals surface area contributed by atoms with Crippen molar-refractivity contribution in [2.45, 2.75) is 13.0 Å². The topological polar surface area (TPSA) is 71.2 Å². The first-order valence-corrected chi connectivity index (χ1v) is 5.46. The Morgan fingerprint density at radius 3 is 3.25 bits per heavy atom. The van der Waals surface area contributed by atoms with E-state index >= 15 is 0 Å². The Morgan fingerprint density at radius 1 is 1.56 bits per heavy atom. The van der Waals surface area contributed by atoms with E-state index in [0.717, 1.165) is 30.8 Å². The summed E-state index contributed by atoms with van der Waals surface area (Å²) < 4.78 is 0. The molecule has 5 nitrogen and oxygen atoms in total. The summed E-state index contributed by atoms with van der Waals surface area (Å²) in [6.45, 7) is 2.46. The van der Waals surface area contributed by atoms with E-state index in [-0.39, 0.29) is 5.91 Å². The van der Waals surface area contributed by atoms with E-state index in [1.165, 1.54) is 0 Å². The molecule has 1 fully saturated rings. The summed E-state index contributed by atoms with van der Waals surface area (Å²) in [5.74, 6) is 0.0596. The summed E-state index contributed by atoms with van der Waals surface area (Å²) in [5, 5.41) is 2.85. The van der Waals surface area contributed by atoms with Gasteiger partial charge < -0.3 is 16.0 Å². The smallest absolute Gasteiger partial charge is 0.239 e. The second-order valence-corrected chi connectivity index (χ2v) is 3.83. The van der Waals surface area contributed by atoms with Crippen LogP contribution in [-0.4, -0.2) is 30.5 Å². The number of carbonyl (C=O) groups is 1. The zero-order valence-electron chi connectivity index (χ0n) is 9.15. The highest BCUT2D eigenvalue weighted by Crippen LogP contribution is 2.19. The van der Waals surface area contributed by atoms with Crippen LogP contribution >= 0.6 is 0 Å². The van der Waals surface area contributed by atoms with Crippen LogP contribution in [-0.2, 0) is 11.3 Å². The molecule has 5 heteroatoms. The quantitative estimate of drug-likeness (QED) is 0.728. The number of amides is 1. The van der Waals surface area contributed by atoms with Gasteiger partial charge in [0.15, 0.2) is 0 Å². The molecule has 0 aliphatic carbocycles.